The molecule has 80 valence electrons. The number of halogens is 2. The molecule has 1 N–H and O–H groups in total. The van der Waals surface area contributed by atoms with Gasteiger partial charge in [0.15, 0.2) is 5.82 Å². The smallest absolute Gasteiger partial charge is 0.151 e. The molecule has 0 saturated heterocycles. The zero-order valence-electron chi connectivity index (χ0n) is 8.00. The minimum absolute atomic E-state index is 0.297. The zero-order valence-corrected chi connectivity index (χ0v) is 10.4. The van der Waals surface area contributed by atoms with Crippen LogP contribution in [0.5, 0.6) is 0 Å². The van der Waals surface area contributed by atoms with E-state index in [1.54, 1.807) is 17.4 Å². The molecule has 0 radical (unpaired) electrons. The molecule has 0 aliphatic rings. The SMILES string of the molecule is Fc1cccc2[nH]c(-c3csc(Br)c3)nc12. The lowest BCUT2D eigenvalue weighted by Gasteiger charge is -1.86. The number of benzene rings is 1. The van der Waals surface area contributed by atoms with E-state index in [0.717, 1.165) is 14.9 Å². The number of nitrogens with one attached hydrogen (secondary N) is 1. The number of H-pyrrole nitrogens is 1. The molecule has 0 spiro atoms. The van der Waals surface area contributed by atoms with Crippen LogP contribution in [-0.4, -0.2) is 9.97 Å². The summed E-state index contributed by atoms with van der Waals surface area (Å²) < 4.78 is 14.5. The topological polar surface area (TPSA) is 28.7 Å². The molecule has 0 unspecified atom stereocenters. The number of hydrogen-bond donors (Lipinski definition) is 1. The molecule has 3 aromatic rings. The normalized spacial score (nSPS) is 11.1. The van der Waals surface area contributed by atoms with E-state index in [4.69, 9.17) is 0 Å². The van der Waals surface area contributed by atoms with Crippen molar-refractivity contribution in [3.05, 3.63) is 39.2 Å². The van der Waals surface area contributed by atoms with Crippen molar-refractivity contribution in [1.82, 2.24) is 9.97 Å². The summed E-state index contributed by atoms with van der Waals surface area (Å²) in [7, 11) is 0. The van der Waals surface area contributed by atoms with Crippen LogP contribution >= 0.6 is 27.3 Å². The summed E-state index contributed by atoms with van der Waals surface area (Å²) in [6.45, 7) is 0. The van der Waals surface area contributed by atoms with Gasteiger partial charge in [0, 0.05) is 10.9 Å². The first-order valence-corrected chi connectivity index (χ1v) is 6.30. The lowest BCUT2D eigenvalue weighted by Crippen LogP contribution is -1.76. The van der Waals surface area contributed by atoms with Gasteiger partial charge in [-0.05, 0) is 34.1 Å². The van der Waals surface area contributed by atoms with E-state index in [1.807, 2.05) is 17.5 Å². The Bertz CT molecular complexity index is 659. The first kappa shape index (κ1) is 9.99. The highest BCUT2D eigenvalue weighted by atomic mass is 79.9. The molecule has 5 heteroatoms. The number of thiophene rings is 1. The van der Waals surface area contributed by atoms with Gasteiger partial charge in [-0.1, -0.05) is 6.07 Å². The minimum atomic E-state index is -0.297. The second-order valence-electron chi connectivity index (χ2n) is 3.36. The third kappa shape index (κ3) is 1.56. The van der Waals surface area contributed by atoms with Crippen LogP contribution in [0, 0.1) is 5.82 Å². The molecule has 0 saturated carbocycles. The standard InChI is InChI=1S/C11H6BrFN2S/c12-9-4-6(5-16-9)11-14-8-3-1-2-7(13)10(8)15-11/h1-5H,(H,14,15). The van der Waals surface area contributed by atoms with E-state index in [1.165, 1.54) is 6.07 Å². The Morgan fingerprint density at radius 1 is 1.38 bits per heavy atom. The summed E-state index contributed by atoms with van der Waals surface area (Å²) in [4.78, 5) is 7.35. The summed E-state index contributed by atoms with van der Waals surface area (Å²) in [5.74, 6) is 0.399. The monoisotopic (exact) mass is 296 g/mol. The maximum atomic E-state index is 13.4. The van der Waals surface area contributed by atoms with Crippen LogP contribution in [0.25, 0.3) is 22.4 Å². The average Bonchev–Trinajstić information content (AvgIpc) is 2.84. The third-order valence-electron chi connectivity index (χ3n) is 2.30. The highest BCUT2D eigenvalue weighted by molar-refractivity contribution is 9.11. The lowest BCUT2D eigenvalue weighted by molar-refractivity contribution is 0.637. The molecular formula is C11H6BrFN2S. The fourth-order valence-corrected chi connectivity index (χ4v) is 2.71. The van der Waals surface area contributed by atoms with Crippen molar-refractivity contribution in [2.45, 2.75) is 0 Å². The van der Waals surface area contributed by atoms with E-state index >= 15 is 0 Å². The van der Waals surface area contributed by atoms with Crippen molar-refractivity contribution in [3.8, 4) is 11.4 Å². The number of aromatic amines is 1. The molecule has 16 heavy (non-hydrogen) atoms. The number of aromatic nitrogens is 2. The average molecular weight is 297 g/mol. The van der Waals surface area contributed by atoms with Gasteiger partial charge >= 0.3 is 0 Å². The maximum Gasteiger partial charge on any atom is 0.151 e. The van der Waals surface area contributed by atoms with Gasteiger partial charge in [0.25, 0.3) is 0 Å². The summed E-state index contributed by atoms with van der Waals surface area (Å²) in [5.41, 5.74) is 2.07. The zero-order chi connectivity index (χ0) is 11.1. The fraction of sp³-hybridized carbons (Fsp3) is 0. The van der Waals surface area contributed by atoms with Gasteiger partial charge in [-0.25, -0.2) is 9.37 Å². The van der Waals surface area contributed by atoms with E-state index in [0.29, 0.717) is 11.3 Å². The Kier molecular flexibility index (Phi) is 2.29. The molecule has 0 aliphatic heterocycles. The Balaban J connectivity index is 2.22. The summed E-state index contributed by atoms with van der Waals surface area (Å²) >= 11 is 4.97. The molecular weight excluding hydrogens is 291 g/mol. The van der Waals surface area contributed by atoms with Gasteiger partial charge in [-0.15, -0.1) is 11.3 Å². The Hall–Kier alpha value is -1.20. The van der Waals surface area contributed by atoms with Gasteiger partial charge in [-0.2, -0.15) is 0 Å². The third-order valence-corrected chi connectivity index (χ3v) is 3.81. The number of hydrogen-bond acceptors (Lipinski definition) is 2. The summed E-state index contributed by atoms with van der Waals surface area (Å²) in [6, 6.07) is 6.86. The van der Waals surface area contributed by atoms with Gasteiger partial charge < -0.3 is 4.98 Å². The quantitative estimate of drug-likeness (QED) is 0.716. The molecule has 2 heterocycles. The summed E-state index contributed by atoms with van der Waals surface area (Å²) in [6.07, 6.45) is 0. The lowest BCUT2D eigenvalue weighted by atomic mass is 10.3. The number of fused-ring (bicyclic) bond motifs is 1. The first-order valence-electron chi connectivity index (χ1n) is 4.63. The number of para-hydroxylation sites is 1. The molecule has 2 nitrogen and oxygen atoms in total. The van der Waals surface area contributed by atoms with Crippen molar-refractivity contribution in [2.24, 2.45) is 0 Å². The number of imidazole rings is 1. The second-order valence-corrected chi connectivity index (χ2v) is 5.65. The van der Waals surface area contributed by atoms with E-state index in [-0.39, 0.29) is 5.82 Å². The van der Waals surface area contributed by atoms with Crippen LogP contribution in [0.2, 0.25) is 0 Å². The fourth-order valence-electron chi connectivity index (χ4n) is 1.57. The number of rotatable bonds is 1. The van der Waals surface area contributed by atoms with Crippen molar-refractivity contribution >= 4 is 38.3 Å². The molecule has 2 aromatic heterocycles. The van der Waals surface area contributed by atoms with Crippen LogP contribution < -0.4 is 0 Å². The largest absolute Gasteiger partial charge is 0.338 e. The van der Waals surface area contributed by atoms with Crippen molar-refractivity contribution in [2.75, 3.05) is 0 Å². The first-order chi connectivity index (χ1) is 7.74. The van der Waals surface area contributed by atoms with E-state index in [2.05, 4.69) is 25.9 Å². The molecule has 0 amide bonds. The van der Waals surface area contributed by atoms with Crippen LogP contribution in [0.1, 0.15) is 0 Å². The van der Waals surface area contributed by atoms with Gasteiger partial charge in [-0.3, -0.25) is 0 Å². The Morgan fingerprint density at radius 3 is 2.94 bits per heavy atom. The van der Waals surface area contributed by atoms with Gasteiger partial charge in [0.1, 0.15) is 11.3 Å². The van der Waals surface area contributed by atoms with E-state index in [9.17, 15) is 4.39 Å². The predicted molar refractivity (Wildman–Crippen MR) is 67.1 cm³/mol. The molecule has 0 aliphatic carbocycles. The van der Waals surface area contributed by atoms with Crippen LogP contribution in [0.15, 0.2) is 33.4 Å². The maximum absolute atomic E-state index is 13.4. The molecule has 3 rings (SSSR count). The Labute approximate surface area is 103 Å². The second kappa shape index (κ2) is 3.68. The predicted octanol–water partition coefficient (Wildman–Crippen LogP) is 4.19. The van der Waals surface area contributed by atoms with Crippen LogP contribution in [0.3, 0.4) is 0 Å². The van der Waals surface area contributed by atoms with Gasteiger partial charge in [0.05, 0.1) is 9.30 Å². The van der Waals surface area contributed by atoms with Crippen LogP contribution in [0.4, 0.5) is 4.39 Å². The van der Waals surface area contributed by atoms with Crippen molar-refractivity contribution in [1.29, 1.82) is 0 Å². The minimum Gasteiger partial charge on any atom is -0.338 e. The molecule has 0 fully saturated rings. The number of nitrogens with zero attached hydrogens (tertiary/aromatic N) is 1. The molecule has 0 atom stereocenters. The highest BCUT2D eigenvalue weighted by Gasteiger charge is 2.09. The molecule has 1 aromatic carbocycles. The van der Waals surface area contributed by atoms with Gasteiger partial charge in [0.2, 0.25) is 0 Å². The highest BCUT2D eigenvalue weighted by Crippen LogP contribution is 2.29. The Morgan fingerprint density at radius 2 is 2.25 bits per heavy atom. The van der Waals surface area contributed by atoms with E-state index < -0.39 is 0 Å². The van der Waals surface area contributed by atoms with Crippen LogP contribution in [-0.2, 0) is 0 Å². The van der Waals surface area contributed by atoms with Crippen molar-refractivity contribution in [3.63, 3.8) is 0 Å². The van der Waals surface area contributed by atoms with Crippen molar-refractivity contribution < 1.29 is 4.39 Å². The molecule has 0 bridgehead atoms. The summed E-state index contributed by atoms with van der Waals surface area (Å²) in [5, 5.41) is 1.97.